The van der Waals surface area contributed by atoms with Crippen molar-refractivity contribution in [1.29, 1.82) is 0 Å². The van der Waals surface area contributed by atoms with Crippen LogP contribution in [0.4, 0.5) is 4.79 Å². The fourth-order valence-electron chi connectivity index (χ4n) is 1.83. The lowest BCUT2D eigenvalue weighted by Gasteiger charge is -2.26. The normalized spacial score (nSPS) is 13.0. The average molecular weight is 408 g/mol. The van der Waals surface area contributed by atoms with E-state index in [1.54, 1.807) is 11.9 Å². The standard InChI is InChI=1S/C15H25IN2O3/c1-11(8-17-9-12-6-7-13(16)20-12)10-18(5)14(19)21-15(2,3)4/h6-7,11,17H,8-10H2,1-5H3. The first-order valence-electron chi connectivity index (χ1n) is 7.06. The van der Waals surface area contributed by atoms with Crippen LogP contribution in [0, 0.1) is 9.68 Å². The zero-order valence-corrected chi connectivity index (χ0v) is 15.6. The Hall–Kier alpha value is -0.760. The topological polar surface area (TPSA) is 54.7 Å². The van der Waals surface area contributed by atoms with E-state index in [4.69, 9.17) is 9.15 Å². The van der Waals surface area contributed by atoms with E-state index in [-0.39, 0.29) is 6.09 Å². The molecule has 0 spiro atoms. The minimum Gasteiger partial charge on any atom is -0.454 e. The molecule has 0 aliphatic carbocycles. The Balaban J connectivity index is 2.26. The molecule has 0 saturated heterocycles. The van der Waals surface area contributed by atoms with Gasteiger partial charge in [0.05, 0.1) is 6.54 Å². The van der Waals surface area contributed by atoms with Crippen LogP contribution in [-0.4, -0.2) is 36.7 Å². The van der Waals surface area contributed by atoms with Crippen molar-refractivity contribution in [2.24, 2.45) is 5.92 Å². The lowest BCUT2D eigenvalue weighted by atomic mass is 10.1. The number of rotatable bonds is 6. The third kappa shape index (κ3) is 7.71. The maximum Gasteiger partial charge on any atom is 0.410 e. The van der Waals surface area contributed by atoms with E-state index in [1.807, 2.05) is 32.9 Å². The van der Waals surface area contributed by atoms with Gasteiger partial charge in [-0.05, 0) is 68.0 Å². The van der Waals surface area contributed by atoms with Crippen molar-refractivity contribution < 1.29 is 13.9 Å². The third-order valence-corrected chi connectivity index (χ3v) is 3.29. The number of hydrogen-bond acceptors (Lipinski definition) is 4. The summed E-state index contributed by atoms with van der Waals surface area (Å²) in [5.74, 6) is 1.25. The first kappa shape index (κ1) is 18.3. The second-order valence-electron chi connectivity index (χ2n) is 6.30. The number of nitrogens with zero attached hydrogens (tertiary/aromatic N) is 1. The van der Waals surface area contributed by atoms with E-state index in [9.17, 15) is 4.79 Å². The van der Waals surface area contributed by atoms with E-state index in [0.29, 0.717) is 19.0 Å². The van der Waals surface area contributed by atoms with Crippen molar-refractivity contribution in [2.75, 3.05) is 20.1 Å². The van der Waals surface area contributed by atoms with Crippen LogP contribution < -0.4 is 5.32 Å². The maximum absolute atomic E-state index is 11.9. The Kier molecular flexibility index (Phi) is 6.99. The molecule has 120 valence electrons. The van der Waals surface area contributed by atoms with Gasteiger partial charge in [0.25, 0.3) is 0 Å². The zero-order chi connectivity index (χ0) is 16.0. The highest BCUT2D eigenvalue weighted by Crippen LogP contribution is 2.11. The molecule has 1 aromatic rings. The van der Waals surface area contributed by atoms with Gasteiger partial charge in [-0.3, -0.25) is 0 Å². The molecular formula is C15H25IN2O3. The van der Waals surface area contributed by atoms with Crippen LogP contribution in [0.5, 0.6) is 0 Å². The molecular weight excluding hydrogens is 383 g/mol. The fourth-order valence-corrected chi connectivity index (χ4v) is 2.30. The number of nitrogens with one attached hydrogen (secondary N) is 1. The van der Waals surface area contributed by atoms with Crippen LogP contribution >= 0.6 is 22.6 Å². The molecule has 1 rings (SSSR count). The molecule has 1 aromatic heterocycles. The average Bonchev–Trinajstić information content (AvgIpc) is 2.72. The van der Waals surface area contributed by atoms with Crippen LogP contribution in [-0.2, 0) is 11.3 Å². The first-order chi connectivity index (χ1) is 9.67. The fraction of sp³-hybridized carbons (Fsp3) is 0.667. The lowest BCUT2D eigenvalue weighted by Crippen LogP contribution is -2.38. The highest BCUT2D eigenvalue weighted by Gasteiger charge is 2.20. The third-order valence-electron chi connectivity index (χ3n) is 2.71. The van der Waals surface area contributed by atoms with Gasteiger partial charge in [-0.25, -0.2) is 4.79 Å². The van der Waals surface area contributed by atoms with Crippen LogP contribution in [0.2, 0.25) is 0 Å². The largest absolute Gasteiger partial charge is 0.454 e. The Morgan fingerprint density at radius 3 is 2.67 bits per heavy atom. The second-order valence-corrected chi connectivity index (χ2v) is 7.37. The van der Waals surface area contributed by atoms with Crippen molar-refractivity contribution in [2.45, 2.75) is 39.8 Å². The van der Waals surface area contributed by atoms with E-state index < -0.39 is 5.60 Å². The molecule has 1 N–H and O–H groups in total. The highest BCUT2D eigenvalue weighted by molar-refractivity contribution is 14.1. The summed E-state index contributed by atoms with van der Waals surface area (Å²) in [4.78, 5) is 13.5. The van der Waals surface area contributed by atoms with Crippen LogP contribution in [0.25, 0.3) is 0 Å². The lowest BCUT2D eigenvalue weighted by molar-refractivity contribution is 0.0276. The van der Waals surface area contributed by atoms with Crippen molar-refractivity contribution in [3.8, 4) is 0 Å². The van der Waals surface area contributed by atoms with Crippen LogP contribution in [0.15, 0.2) is 16.5 Å². The van der Waals surface area contributed by atoms with E-state index >= 15 is 0 Å². The minimum absolute atomic E-state index is 0.282. The number of ether oxygens (including phenoxy) is 1. The summed E-state index contributed by atoms with van der Waals surface area (Å²) in [6.45, 7) is 9.86. The van der Waals surface area contributed by atoms with Crippen molar-refractivity contribution >= 4 is 28.7 Å². The van der Waals surface area contributed by atoms with Gasteiger partial charge in [0.15, 0.2) is 3.77 Å². The molecule has 0 aliphatic heterocycles. The SMILES string of the molecule is CC(CNCc1ccc(I)o1)CN(C)C(=O)OC(C)(C)C. The van der Waals surface area contributed by atoms with Gasteiger partial charge >= 0.3 is 6.09 Å². The van der Waals surface area contributed by atoms with Crippen molar-refractivity contribution in [3.05, 3.63) is 21.7 Å². The molecule has 0 fully saturated rings. The number of hydrogen-bond donors (Lipinski definition) is 1. The Bertz CT molecular complexity index is 454. The summed E-state index contributed by atoms with van der Waals surface area (Å²) in [6, 6.07) is 3.91. The summed E-state index contributed by atoms with van der Waals surface area (Å²) in [5.41, 5.74) is -0.455. The molecule has 21 heavy (non-hydrogen) atoms. The van der Waals surface area contributed by atoms with Gasteiger partial charge < -0.3 is 19.4 Å². The Morgan fingerprint density at radius 1 is 1.48 bits per heavy atom. The van der Waals surface area contributed by atoms with E-state index in [1.165, 1.54) is 0 Å². The molecule has 0 aromatic carbocycles. The number of furan rings is 1. The predicted octanol–water partition coefficient (Wildman–Crippen LogP) is 3.48. The van der Waals surface area contributed by atoms with Gasteiger partial charge in [-0.1, -0.05) is 6.92 Å². The van der Waals surface area contributed by atoms with Crippen LogP contribution in [0.3, 0.4) is 0 Å². The molecule has 0 saturated carbocycles. The molecule has 6 heteroatoms. The van der Waals surface area contributed by atoms with Crippen LogP contribution in [0.1, 0.15) is 33.5 Å². The molecule has 1 unspecified atom stereocenters. The van der Waals surface area contributed by atoms with E-state index in [0.717, 1.165) is 16.1 Å². The monoisotopic (exact) mass is 408 g/mol. The highest BCUT2D eigenvalue weighted by atomic mass is 127. The molecule has 1 atom stereocenters. The van der Waals surface area contributed by atoms with Crippen molar-refractivity contribution in [3.63, 3.8) is 0 Å². The molecule has 0 radical (unpaired) electrons. The number of amides is 1. The number of halogens is 1. The van der Waals surface area contributed by atoms with E-state index in [2.05, 4.69) is 34.8 Å². The zero-order valence-electron chi connectivity index (χ0n) is 13.4. The summed E-state index contributed by atoms with van der Waals surface area (Å²) < 4.78 is 11.7. The molecule has 5 nitrogen and oxygen atoms in total. The second kappa shape index (κ2) is 8.03. The number of carbonyl (C=O) groups excluding carboxylic acids is 1. The maximum atomic E-state index is 11.9. The summed E-state index contributed by atoms with van der Waals surface area (Å²) >= 11 is 2.15. The van der Waals surface area contributed by atoms with Gasteiger partial charge in [0, 0.05) is 13.6 Å². The van der Waals surface area contributed by atoms with Gasteiger partial charge in [0.1, 0.15) is 11.4 Å². The quantitative estimate of drug-likeness (QED) is 0.733. The molecule has 0 bridgehead atoms. The summed E-state index contributed by atoms with van der Waals surface area (Å²) in [5, 5.41) is 3.33. The Labute approximate surface area is 140 Å². The predicted molar refractivity (Wildman–Crippen MR) is 91.2 cm³/mol. The van der Waals surface area contributed by atoms with Crippen molar-refractivity contribution in [1.82, 2.24) is 10.2 Å². The molecule has 1 heterocycles. The smallest absolute Gasteiger partial charge is 0.410 e. The summed E-state index contributed by atoms with van der Waals surface area (Å²) in [6.07, 6.45) is -0.282. The van der Waals surface area contributed by atoms with Gasteiger partial charge in [0.2, 0.25) is 0 Å². The van der Waals surface area contributed by atoms with Gasteiger partial charge in [-0.2, -0.15) is 0 Å². The molecule has 0 aliphatic rings. The number of carbonyl (C=O) groups is 1. The molecule has 1 amide bonds. The van der Waals surface area contributed by atoms with Gasteiger partial charge in [-0.15, -0.1) is 0 Å². The first-order valence-corrected chi connectivity index (χ1v) is 8.14. The Morgan fingerprint density at radius 2 is 2.14 bits per heavy atom. The summed E-state index contributed by atoms with van der Waals surface area (Å²) in [7, 11) is 1.76. The minimum atomic E-state index is -0.455.